The summed E-state index contributed by atoms with van der Waals surface area (Å²) in [5.74, 6) is 0. The van der Waals surface area contributed by atoms with Gasteiger partial charge in [-0.3, -0.25) is 0 Å². The van der Waals surface area contributed by atoms with E-state index in [0.717, 1.165) is 6.42 Å². The number of aryl methyl sites for hydroxylation is 2. The van der Waals surface area contributed by atoms with E-state index in [4.69, 9.17) is 0 Å². The van der Waals surface area contributed by atoms with Gasteiger partial charge in [0.15, 0.2) is 0 Å². The van der Waals surface area contributed by atoms with Gasteiger partial charge >= 0.3 is 0 Å². The van der Waals surface area contributed by atoms with Crippen LogP contribution >= 0.6 is 0 Å². The van der Waals surface area contributed by atoms with Crippen molar-refractivity contribution in [3.63, 3.8) is 0 Å². The van der Waals surface area contributed by atoms with Crippen LogP contribution in [0.3, 0.4) is 0 Å². The summed E-state index contributed by atoms with van der Waals surface area (Å²) in [5.41, 5.74) is 5.34. The zero-order valence-electron chi connectivity index (χ0n) is 8.67. The van der Waals surface area contributed by atoms with Crippen LogP contribution in [-0.2, 0) is 6.42 Å². The van der Waals surface area contributed by atoms with E-state index in [9.17, 15) is 0 Å². The van der Waals surface area contributed by atoms with Crippen molar-refractivity contribution in [2.24, 2.45) is 0 Å². The molecule has 0 aliphatic heterocycles. The predicted molar refractivity (Wildman–Crippen MR) is 59.5 cm³/mol. The maximum absolute atomic E-state index is 3.20. The van der Waals surface area contributed by atoms with Crippen molar-refractivity contribution in [1.82, 2.24) is 4.98 Å². The smallest absolute Gasteiger partial charge is 0.0151 e. The second kappa shape index (κ2) is 3.70. The van der Waals surface area contributed by atoms with Gasteiger partial charge in [-0.1, -0.05) is 29.8 Å². The molecule has 2 aromatic rings. The van der Waals surface area contributed by atoms with E-state index in [1.807, 2.05) is 6.20 Å². The van der Waals surface area contributed by atoms with Crippen LogP contribution in [0.1, 0.15) is 22.4 Å². The molecular weight excluding hydrogens is 170 g/mol. The molecule has 1 heteroatoms. The maximum atomic E-state index is 3.20. The van der Waals surface area contributed by atoms with Crippen molar-refractivity contribution in [3.8, 4) is 0 Å². The van der Waals surface area contributed by atoms with Crippen molar-refractivity contribution in [3.05, 3.63) is 58.9 Å². The van der Waals surface area contributed by atoms with Gasteiger partial charge in [-0.25, -0.2) is 0 Å². The highest BCUT2D eigenvalue weighted by molar-refractivity contribution is 5.30. The molecule has 0 atom stereocenters. The van der Waals surface area contributed by atoms with Gasteiger partial charge in [0.25, 0.3) is 0 Å². The van der Waals surface area contributed by atoms with Crippen LogP contribution in [0.25, 0.3) is 0 Å². The third-order valence-electron chi connectivity index (χ3n) is 2.58. The predicted octanol–water partition coefficient (Wildman–Crippen LogP) is 3.22. The Morgan fingerprint density at radius 1 is 1.00 bits per heavy atom. The average Bonchev–Trinajstić information content (AvgIpc) is 2.56. The Hall–Kier alpha value is -1.50. The molecule has 0 aliphatic carbocycles. The molecule has 0 amide bonds. The molecule has 0 bridgehead atoms. The Morgan fingerprint density at radius 2 is 1.71 bits per heavy atom. The van der Waals surface area contributed by atoms with E-state index in [2.05, 4.69) is 49.2 Å². The Bertz CT molecular complexity index is 409. The first kappa shape index (κ1) is 9.07. The molecule has 0 aliphatic rings. The van der Waals surface area contributed by atoms with E-state index in [-0.39, 0.29) is 0 Å². The average molecular weight is 185 g/mol. The monoisotopic (exact) mass is 185 g/mol. The van der Waals surface area contributed by atoms with Crippen molar-refractivity contribution in [2.45, 2.75) is 20.3 Å². The summed E-state index contributed by atoms with van der Waals surface area (Å²) in [5, 5.41) is 0. The molecule has 0 saturated carbocycles. The molecule has 2 rings (SSSR count). The van der Waals surface area contributed by atoms with E-state index in [0.29, 0.717) is 0 Å². The van der Waals surface area contributed by atoms with E-state index < -0.39 is 0 Å². The summed E-state index contributed by atoms with van der Waals surface area (Å²) >= 11 is 0. The van der Waals surface area contributed by atoms with Crippen molar-refractivity contribution < 1.29 is 0 Å². The molecule has 0 radical (unpaired) electrons. The molecule has 72 valence electrons. The number of hydrogen-bond acceptors (Lipinski definition) is 0. The lowest BCUT2D eigenvalue weighted by atomic mass is 10.0. The van der Waals surface area contributed by atoms with Crippen LogP contribution in [-0.4, -0.2) is 4.98 Å². The summed E-state index contributed by atoms with van der Waals surface area (Å²) in [6.45, 7) is 4.23. The van der Waals surface area contributed by atoms with Crippen molar-refractivity contribution in [1.29, 1.82) is 0 Å². The molecule has 0 spiro atoms. The maximum Gasteiger partial charge on any atom is 0.0151 e. The molecule has 1 N–H and O–H groups in total. The topological polar surface area (TPSA) is 15.8 Å². The van der Waals surface area contributed by atoms with Crippen LogP contribution < -0.4 is 0 Å². The Kier molecular flexibility index (Phi) is 2.40. The highest BCUT2D eigenvalue weighted by Crippen LogP contribution is 2.12. The molecule has 1 heterocycles. The molecule has 0 saturated heterocycles. The van der Waals surface area contributed by atoms with Gasteiger partial charge in [0.2, 0.25) is 0 Å². The van der Waals surface area contributed by atoms with E-state index in [1.165, 1.54) is 22.4 Å². The van der Waals surface area contributed by atoms with Gasteiger partial charge in [-0.2, -0.15) is 0 Å². The van der Waals surface area contributed by atoms with Gasteiger partial charge in [-0.05, 0) is 37.5 Å². The summed E-state index contributed by atoms with van der Waals surface area (Å²) in [7, 11) is 0. The number of hydrogen-bond donors (Lipinski definition) is 1. The summed E-state index contributed by atoms with van der Waals surface area (Å²) in [4.78, 5) is 3.20. The number of H-pyrrole nitrogens is 1. The van der Waals surface area contributed by atoms with Gasteiger partial charge in [0.05, 0.1) is 0 Å². The molecule has 0 fully saturated rings. The second-order valence-corrected chi connectivity index (χ2v) is 3.79. The zero-order chi connectivity index (χ0) is 9.97. The van der Waals surface area contributed by atoms with Crippen molar-refractivity contribution in [2.75, 3.05) is 0 Å². The van der Waals surface area contributed by atoms with E-state index in [1.54, 1.807) is 0 Å². The first-order valence-electron chi connectivity index (χ1n) is 4.94. The summed E-state index contributed by atoms with van der Waals surface area (Å²) in [6, 6.07) is 10.9. The molecule has 14 heavy (non-hydrogen) atoms. The lowest BCUT2D eigenvalue weighted by Gasteiger charge is -2.01. The number of benzene rings is 1. The summed E-state index contributed by atoms with van der Waals surface area (Å²) < 4.78 is 0. The van der Waals surface area contributed by atoms with Gasteiger partial charge in [0, 0.05) is 11.9 Å². The third-order valence-corrected chi connectivity index (χ3v) is 2.58. The Balaban J connectivity index is 2.19. The minimum atomic E-state index is 1.02. The fourth-order valence-electron chi connectivity index (χ4n) is 1.60. The number of nitrogens with one attached hydrogen (secondary N) is 1. The SMILES string of the molecule is Cc1ccc(Cc2cc[nH]c2C)cc1. The third kappa shape index (κ3) is 1.87. The Morgan fingerprint density at radius 3 is 2.29 bits per heavy atom. The van der Waals surface area contributed by atoms with Gasteiger partial charge in [-0.15, -0.1) is 0 Å². The second-order valence-electron chi connectivity index (χ2n) is 3.79. The largest absolute Gasteiger partial charge is 0.365 e. The minimum absolute atomic E-state index is 1.02. The molecule has 1 aromatic heterocycles. The minimum Gasteiger partial charge on any atom is -0.365 e. The van der Waals surface area contributed by atoms with Crippen LogP contribution in [0, 0.1) is 13.8 Å². The molecule has 0 unspecified atom stereocenters. The van der Waals surface area contributed by atoms with E-state index >= 15 is 0 Å². The van der Waals surface area contributed by atoms with Gasteiger partial charge in [0.1, 0.15) is 0 Å². The van der Waals surface area contributed by atoms with Crippen LogP contribution in [0.2, 0.25) is 0 Å². The number of aromatic amines is 1. The van der Waals surface area contributed by atoms with Crippen LogP contribution in [0.5, 0.6) is 0 Å². The molecular formula is C13H15N. The lowest BCUT2D eigenvalue weighted by Crippen LogP contribution is -1.88. The van der Waals surface area contributed by atoms with Crippen LogP contribution in [0.4, 0.5) is 0 Å². The van der Waals surface area contributed by atoms with Crippen LogP contribution in [0.15, 0.2) is 36.5 Å². The first-order chi connectivity index (χ1) is 6.75. The lowest BCUT2D eigenvalue weighted by molar-refractivity contribution is 1.13. The zero-order valence-corrected chi connectivity index (χ0v) is 8.67. The molecule has 1 aromatic carbocycles. The Labute approximate surface area is 84.8 Å². The highest BCUT2D eigenvalue weighted by Gasteiger charge is 1.99. The normalized spacial score (nSPS) is 10.4. The number of aromatic nitrogens is 1. The first-order valence-corrected chi connectivity index (χ1v) is 4.94. The fourth-order valence-corrected chi connectivity index (χ4v) is 1.60. The molecule has 1 nitrogen and oxygen atoms in total. The highest BCUT2D eigenvalue weighted by atomic mass is 14.7. The van der Waals surface area contributed by atoms with Gasteiger partial charge < -0.3 is 4.98 Å². The van der Waals surface area contributed by atoms with Crippen molar-refractivity contribution >= 4 is 0 Å². The quantitative estimate of drug-likeness (QED) is 0.739. The number of rotatable bonds is 2. The summed E-state index contributed by atoms with van der Waals surface area (Å²) in [6.07, 6.45) is 3.02. The standard InChI is InChI=1S/C13H15N/c1-10-3-5-12(6-4-10)9-13-7-8-14-11(13)2/h3-8,14H,9H2,1-2H3. The fraction of sp³-hybridized carbons (Fsp3) is 0.231.